The molecule has 3 aromatic carbocycles. The first kappa shape index (κ1) is 21.3. The molecule has 0 saturated heterocycles. The Morgan fingerprint density at radius 2 is 1.00 bits per heavy atom. The largest absolute Gasteiger partial charge is 0.399 e. The predicted molar refractivity (Wildman–Crippen MR) is 138 cm³/mol. The van der Waals surface area contributed by atoms with Crippen LogP contribution in [0.5, 0.6) is 0 Å². The number of hydrogen-bond donors (Lipinski definition) is 2. The molecule has 1 aliphatic carbocycles. The highest BCUT2D eigenvalue weighted by molar-refractivity contribution is 6.19. The number of nitrogens with zero attached hydrogens (tertiary/aromatic N) is 2. The van der Waals surface area contributed by atoms with Gasteiger partial charge in [-0.1, -0.05) is 32.9 Å². The third kappa shape index (κ3) is 5.61. The first-order valence-electron chi connectivity index (χ1n) is 10.7. The molecule has 0 bridgehead atoms. The zero-order valence-electron chi connectivity index (χ0n) is 18.7. The van der Waals surface area contributed by atoms with E-state index in [9.17, 15) is 0 Å². The average molecular weight is 421 g/mol. The molecular weight excluding hydrogens is 392 g/mol. The molecule has 0 aliphatic heterocycles. The lowest BCUT2D eigenvalue weighted by molar-refractivity contribution is 0.590. The van der Waals surface area contributed by atoms with Crippen LogP contribution in [0.3, 0.4) is 0 Å². The molecule has 0 spiro atoms. The van der Waals surface area contributed by atoms with Crippen molar-refractivity contribution in [2.45, 2.75) is 26.2 Å². The van der Waals surface area contributed by atoms with Crippen molar-refractivity contribution in [1.29, 1.82) is 0 Å². The van der Waals surface area contributed by atoms with Crippen molar-refractivity contribution in [2.75, 3.05) is 11.1 Å². The molecule has 160 valence electrons. The molecule has 0 radical (unpaired) electrons. The van der Waals surface area contributed by atoms with Crippen molar-refractivity contribution in [3.05, 3.63) is 103 Å². The molecule has 0 amide bonds. The highest BCUT2D eigenvalue weighted by Crippen LogP contribution is 2.26. The van der Waals surface area contributed by atoms with Gasteiger partial charge in [-0.3, -0.25) is 0 Å². The lowest BCUT2D eigenvalue weighted by Crippen LogP contribution is -2.10. The van der Waals surface area contributed by atoms with Crippen molar-refractivity contribution in [1.82, 2.24) is 0 Å². The Labute approximate surface area is 189 Å². The summed E-state index contributed by atoms with van der Waals surface area (Å²) in [6.45, 7) is 6.67. The van der Waals surface area contributed by atoms with E-state index in [1.54, 1.807) is 0 Å². The Balaban J connectivity index is 1.39. The minimum Gasteiger partial charge on any atom is -0.399 e. The summed E-state index contributed by atoms with van der Waals surface area (Å²) in [6, 6.07) is 24.2. The molecule has 3 N–H and O–H groups in total. The average Bonchev–Trinajstić information content (AvgIpc) is 2.78. The molecule has 0 atom stereocenters. The van der Waals surface area contributed by atoms with Crippen molar-refractivity contribution >= 4 is 39.9 Å². The van der Waals surface area contributed by atoms with E-state index in [-0.39, 0.29) is 5.41 Å². The Bertz CT molecular complexity index is 1170. The zero-order valence-corrected chi connectivity index (χ0v) is 18.7. The maximum Gasteiger partial charge on any atom is 0.0638 e. The van der Waals surface area contributed by atoms with Gasteiger partial charge in [0.1, 0.15) is 0 Å². The lowest BCUT2D eigenvalue weighted by atomic mass is 9.87. The Morgan fingerprint density at radius 3 is 1.44 bits per heavy atom. The van der Waals surface area contributed by atoms with Gasteiger partial charge in [0.2, 0.25) is 0 Å². The van der Waals surface area contributed by atoms with Crippen molar-refractivity contribution in [3.63, 3.8) is 0 Å². The molecule has 3 aromatic rings. The molecule has 32 heavy (non-hydrogen) atoms. The molecule has 4 rings (SSSR count). The highest BCUT2D eigenvalue weighted by atomic mass is 14.9. The van der Waals surface area contributed by atoms with Gasteiger partial charge in [0, 0.05) is 17.1 Å². The maximum atomic E-state index is 5.72. The fourth-order valence-corrected chi connectivity index (χ4v) is 3.29. The Morgan fingerprint density at radius 1 is 0.594 bits per heavy atom. The number of allylic oxidation sites excluding steroid dienone is 4. The molecule has 1 aliphatic rings. The second kappa shape index (κ2) is 9.06. The fourth-order valence-electron chi connectivity index (χ4n) is 3.29. The fraction of sp³-hybridized carbons (Fsp3) is 0.143. The van der Waals surface area contributed by atoms with Crippen LogP contribution >= 0.6 is 0 Å². The smallest absolute Gasteiger partial charge is 0.0638 e. The summed E-state index contributed by atoms with van der Waals surface area (Å²) in [5, 5.41) is 3.45. The predicted octanol–water partition coefficient (Wildman–Crippen LogP) is 7.28. The third-order valence-corrected chi connectivity index (χ3v) is 5.17. The summed E-state index contributed by atoms with van der Waals surface area (Å²) in [5.74, 6) is 0. The highest BCUT2D eigenvalue weighted by Gasteiger charge is 2.12. The van der Waals surface area contributed by atoms with Gasteiger partial charge in [0.25, 0.3) is 0 Å². The number of benzene rings is 3. The van der Waals surface area contributed by atoms with Crippen LogP contribution in [0.4, 0.5) is 28.4 Å². The molecule has 0 unspecified atom stereocenters. The van der Waals surface area contributed by atoms with E-state index in [0.29, 0.717) is 0 Å². The van der Waals surface area contributed by atoms with E-state index in [1.165, 1.54) is 5.56 Å². The summed E-state index contributed by atoms with van der Waals surface area (Å²) in [6.07, 6.45) is 7.87. The maximum absolute atomic E-state index is 5.72. The summed E-state index contributed by atoms with van der Waals surface area (Å²) in [7, 11) is 0. The van der Waals surface area contributed by atoms with E-state index in [2.05, 4.69) is 55.3 Å². The number of hydrogen-bond acceptors (Lipinski definition) is 4. The summed E-state index contributed by atoms with van der Waals surface area (Å²) < 4.78 is 0. The minimum absolute atomic E-state index is 0.157. The monoisotopic (exact) mass is 420 g/mol. The van der Waals surface area contributed by atoms with Crippen LogP contribution in [0, 0.1) is 0 Å². The summed E-state index contributed by atoms with van der Waals surface area (Å²) in [5.41, 5.74) is 13.6. The second-order valence-corrected chi connectivity index (χ2v) is 8.83. The van der Waals surface area contributed by atoms with E-state index in [4.69, 9.17) is 10.7 Å². The Hall–Kier alpha value is -3.92. The van der Waals surface area contributed by atoms with Crippen LogP contribution in [-0.2, 0) is 5.41 Å². The van der Waals surface area contributed by atoms with Crippen molar-refractivity contribution in [3.8, 4) is 0 Å². The number of nitrogen functional groups attached to an aromatic ring is 1. The van der Waals surface area contributed by atoms with E-state index in [0.717, 1.165) is 39.9 Å². The Kier molecular flexibility index (Phi) is 6.04. The number of nitrogens with two attached hydrogens (primary N) is 1. The normalized spacial score (nSPS) is 13.2. The molecule has 4 nitrogen and oxygen atoms in total. The molecular formula is C28H28N4. The molecule has 4 heteroatoms. The second-order valence-electron chi connectivity index (χ2n) is 8.83. The summed E-state index contributed by atoms with van der Waals surface area (Å²) in [4.78, 5) is 9.30. The topological polar surface area (TPSA) is 62.8 Å². The van der Waals surface area contributed by atoms with Crippen LogP contribution in [-0.4, -0.2) is 11.4 Å². The zero-order chi connectivity index (χ0) is 22.6. The number of aliphatic imine (C=N–C) groups is 2. The van der Waals surface area contributed by atoms with Gasteiger partial charge >= 0.3 is 0 Å². The molecule has 0 saturated carbocycles. The van der Waals surface area contributed by atoms with Crippen LogP contribution in [0.2, 0.25) is 0 Å². The van der Waals surface area contributed by atoms with E-state index < -0.39 is 0 Å². The molecule has 0 fully saturated rings. The van der Waals surface area contributed by atoms with E-state index in [1.807, 2.05) is 72.8 Å². The third-order valence-electron chi connectivity index (χ3n) is 5.17. The summed E-state index contributed by atoms with van der Waals surface area (Å²) >= 11 is 0. The van der Waals surface area contributed by atoms with Crippen molar-refractivity contribution < 1.29 is 0 Å². The SMILES string of the molecule is CC(C)(C)c1ccc(Nc2ccc(N=C3C=CC(=Nc4ccc(N)cc4)C=C3)cc2)cc1. The first-order chi connectivity index (χ1) is 15.3. The van der Waals surface area contributed by atoms with Gasteiger partial charge < -0.3 is 11.1 Å². The van der Waals surface area contributed by atoms with Crippen LogP contribution < -0.4 is 11.1 Å². The van der Waals surface area contributed by atoms with Crippen molar-refractivity contribution in [2.24, 2.45) is 9.98 Å². The first-order valence-corrected chi connectivity index (χ1v) is 10.7. The van der Waals surface area contributed by atoms with Gasteiger partial charge in [0.05, 0.1) is 22.8 Å². The number of rotatable bonds is 4. The molecule has 0 heterocycles. The van der Waals surface area contributed by atoms with Crippen LogP contribution in [0.25, 0.3) is 0 Å². The lowest BCUT2D eigenvalue weighted by Gasteiger charge is -2.19. The van der Waals surface area contributed by atoms with Gasteiger partial charge in [0.15, 0.2) is 0 Å². The number of nitrogens with one attached hydrogen (secondary N) is 1. The van der Waals surface area contributed by atoms with Gasteiger partial charge in [-0.05, 0) is 95.9 Å². The minimum atomic E-state index is 0.157. The van der Waals surface area contributed by atoms with Crippen LogP contribution in [0.15, 0.2) is 107 Å². The standard InChI is InChI=1S/C28H28N4/c1-28(2,3)20-4-8-22(9-5-20)30-24-12-16-26(17-13-24)32-27-18-14-25(15-19-27)31-23-10-6-21(29)7-11-23/h4-19,30H,29H2,1-3H3. The van der Waals surface area contributed by atoms with Gasteiger partial charge in [-0.25, -0.2) is 9.98 Å². The quantitative estimate of drug-likeness (QED) is 0.344. The van der Waals surface area contributed by atoms with Crippen LogP contribution in [0.1, 0.15) is 26.3 Å². The van der Waals surface area contributed by atoms with Gasteiger partial charge in [-0.15, -0.1) is 0 Å². The van der Waals surface area contributed by atoms with E-state index >= 15 is 0 Å². The molecule has 0 aromatic heterocycles. The van der Waals surface area contributed by atoms with Gasteiger partial charge in [-0.2, -0.15) is 0 Å². The number of anilines is 3.